The van der Waals surface area contributed by atoms with Crippen molar-refractivity contribution in [3.63, 3.8) is 0 Å². The van der Waals surface area contributed by atoms with Crippen molar-refractivity contribution in [2.24, 2.45) is 10.8 Å². The Hall–Kier alpha value is -3.08. The lowest BCUT2D eigenvalue weighted by atomic mass is 9.62. The molecule has 1 saturated carbocycles. The summed E-state index contributed by atoms with van der Waals surface area (Å²) in [6.07, 6.45) is -0.340. The Morgan fingerprint density at radius 2 is 1.45 bits per heavy atom. The normalized spacial score (nSPS) is 21.0. The quantitative estimate of drug-likeness (QED) is 0.203. The number of hydrogen-bond donors (Lipinski definition) is 2. The topological polar surface area (TPSA) is 138 Å². The van der Waals surface area contributed by atoms with Crippen LogP contribution >= 0.6 is 0 Å². The fourth-order valence-electron chi connectivity index (χ4n) is 4.52. The minimum atomic E-state index is -1.03. The van der Waals surface area contributed by atoms with Crippen molar-refractivity contribution >= 4 is 24.1 Å². The predicted molar refractivity (Wildman–Crippen MR) is 140 cm³/mol. The molecule has 0 radical (unpaired) electrons. The second kappa shape index (κ2) is 14.8. The van der Waals surface area contributed by atoms with E-state index in [9.17, 15) is 19.2 Å². The molecule has 2 N–H and O–H groups in total. The second-order valence-electron chi connectivity index (χ2n) is 11.2. The molecule has 2 amide bonds. The highest BCUT2D eigenvalue weighted by atomic mass is 16.6. The van der Waals surface area contributed by atoms with E-state index in [1.165, 1.54) is 13.8 Å². The first kappa shape index (κ1) is 32.9. The Kier molecular flexibility index (Phi) is 12.8. The molecule has 0 aromatic carbocycles. The fraction of sp³-hybridized carbons (Fsp3) is 0.704. The van der Waals surface area contributed by atoms with Gasteiger partial charge in [-0.2, -0.15) is 0 Å². The predicted octanol–water partition coefficient (Wildman–Crippen LogP) is 3.67. The summed E-state index contributed by atoms with van der Waals surface area (Å²) >= 11 is 0. The Labute approximate surface area is 225 Å². The Bertz CT molecular complexity index is 856. The highest BCUT2D eigenvalue weighted by molar-refractivity contribution is 5.87. The van der Waals surface area contributed by atoms with Gasteiger partial charge in [0.1, 0.15) is 19.8 Å². The monoisotopic (exact) mass is 540 g/mol. The van der Waals surface area contributed by atoms with Crippen LogP contribution in [0.4, 0.5) is 9.59 Å². The Morgan fingerprint density at radius 3 is 1.95 bits per heavy atom. The van der Waals surface area contributed by atoms with E-state index in [1.54, 1.807) is 14.0 Å². The molecule has 3 atom stereocenters. The van der Waals surface area contributed by atoms with E-state index >= 15 is 0 Å². The smallest absolute Gasteiger partial charge is 0.407 e. The second-order valence-corrected chi connectivity index (χ2v) is 11.2. The minimum Gasteiger partial charge on any atom is -0.458 e. The van der Waals surface area contributed by atoms with Crippen molar-refractivity contribution in [2.75, 3.05) is 33.5 Å². The van der Waals surface area contributed by atoms with Crippen LogP contribution in [0.15, 0.2) is 24.3 Å². The highest BCUT2D eigenvalue weighted by Crippen LogP contribution is 2.45. The van der Waals surface area contributed by atoms with Crippen molar-refractivity contribution < 1.29 is 42.9 Å². The number of amides is 2. The van der Waals surface area contributed by atoms with E-state index in [-0.39, 0.29) is 60.5 Å². The number of methoxy groups -OCH3 is 1. The summed E-state index contributed by atoms with van der Waals surface area (Å²) in [5.41, 5.74) is -0.0975. The van der Waals surface area contributed by atoms with Crippen LogP contribution in [0.2, 0.25) is 0 Å². The summed E-state index contributed by atoms with van der Waals surface area (Å²) < 4.78 is 25.9. The number of ether oxygens (including phenoxy) is 5. The van der Waals surface area contributed by atoms with Gasteiger partial charge in [-0.25, -0.2) is 19.2 Å². The third kappa shape index (κ3) is 12.4. The van der Waals surface area contributed by atoms with Gasteiger partial charge < -0.3 is 34.3 Å². The molecular weight excluding hydrogens is 496 g/mol. The van der Waals surface area contributed by atoms with Gasteiger partial charge in [-0.15, -0.1) is 0 Å². The molecule has 0 saturated heterocycles. The number of alkyl carbamates (subject to hydrolysis) is 2. The van der Waals surface area contributed by atoms with Gasteiger partial charge in [0.2, 0.25) is 0 Å². The summed E-state index contributed by atoms with van der Waals surface area (Å²) in [5.74, 6) is -1.31. The molecule has 0 bridgehead atoms. The summed E-state index contributed by atoms with van der Waals surface area (Å²) in [7, 11) is 1.55. The molecule has 1 fully saturated rings. The lowest BCUT2D eigenvalue weighted by molar-refractivity contribution is -0.147. The molecule has 1 rings (SSSR count). The van der Waals surface area contributed by atoms with Crippen molar-refractivity contribution in [1.29, 1.82) is 0 Å². The number of hydrogen-bond acceptors (Lipinski definition) is 9. The molecule has 0 aromatic rings. The molecule has 11 nitrogen and oxygen atoms in total. The number of rotatable bonds is 13. The molecule has 11 heteroatoms. The van der Waals surface area contributed by atoms with Crippen LogP contribution in [-0.4, -0.2) is 75.9 Å². The molecule has 38 heavy (non-hydrogen) atoms. The first-order chi connectivity index (χ1) is 17.6. The first-order valence-corrected chi connectivity index (χ1v) is 12.6. The molecule has 1 aliphatic carbocycles. The largest absolute Gasteiger partial charge is 0.458 e. The van der Waals surface area contributed by atoms with Gasteiger partial charge in [0, 0.05) is 30.8 Å². The molecule has 0 aromatic heterocycles. The van der Waals surface area contributed by atoms with Crippen LogP contribution in [0.1, 0.15) is 60.8 Å². The van der Waals surface area contributed by atoms with Crippen LogP contribution in [0.5, 0.6) is 0 Å². The molecule has 3 unspecified atom stereocenters. The molecule has 0 spiro atoms. The van der Waals surface area contributed by atoms with E-state index in [2.05, 4.69) is 37.6 Å². The fourth-order valence-corrected chi connectivity index (χ4v) is 4.52. The van der Waals surface area contributed by atoms with Crippen molar-refractivity contribution in [3.05, 3.63) is 24.3 Å². The molecule has 0 heterocycles. The summed E-state index contributed by atoms with van der Waals surface area (Å²) in [6.45, 7) is 17.8. The number of carbonyl (C=O) groups excluding carboxylic acids is 4. The van der Waals surface area contributed by atoms with Gasteiger partial charge in [-0.3, -0.25) is 0 Å². The lowest BCUT2D eigenvalue weighted by Gasteiger charge is -2.46. The minimum absolute atomic E-state index is 0.105. The number of esters is 2. The SMILES string of the molecule is C=C(C)C(=O)OCC(COC(=O)C(=C)C)OC(=O)NCC1(C)CC(NC(=O)OCC(C)OC)CC(C)(C)C1. The highest BCUT2D eigenvalue weighted by Gasteiger charge is 2.42. The van der Waals surface area contributed by atoms with Crippen LogP contribution in [0.3, 0.4) is 0 Å². The van der Waals surface area contributed by atoms with Crippen molar-refractivity contribution in [2.45, 2.75) is 79.1 Å². The van der Waals surface area contributed by atoms with Gasteiger partial charge >= 0.3 is 24.1 Å². The van der Waals surface area contributed by atoms with Crippen LogP contribution < -0.4 is 10.6 Å². The average molecular weight is 541 g/mol. The maximum Gasteiger partial charge on any atom is 0.407 e. The maximum absolute atomic E-state index is 12.6. The lowest BCUT2D eigenvalue weighted by Crippen LogP contribution is -2.51. The van der Waals surface area contributed by atoms with Gasteiger partial charge in [-0.1, -0.05) is 33.9 Å². The van der Waals surface area contributed by atoms with Crippen LogP contribution in [0, 0.1) is 10.8 Å². The van der Waals surface area contributed by atoms with Crippen LogP contribution in [-0.2, 0) is 33.3 Å². The molecular formula is C27H44N2O9. The first-order valence-electron chi connectivity index (χ1n) is 12.6. The zero-order chi connectivity index (χ0) is 29.1. The molecule has 0 aliphatic heterocycles. The Morgan fingerprint density at radius 1 is 0.895 bits per heavy atom. The van der Waals surface area contributed by atoms with Crippen molar-refractivity contribution in [3.8, 4) is 0 Å². The van der Waals surface area contributed by atoms with Gasteiger partial charge in [0.25, 0.3) is 0 Å². The number of nitrogens with one attached hydrogen (secondary N) is 2. The molecule has 1 aliphatic rings. The van der Waals surface area contributed by atoms with Gasteiger partial charge in [0.05, 0.1) is 6.10 Å². The zero-order valence-corrected chi connectivity index (χ0v) is 23.8. The van der Waals surface area contributed by atoms with Gasteiger partial charge in [0.15, 0.2) is 6.10 Å². The zero-order valence-electron chi connectivity index (χ0n) is 23.8. The third-order valence-corrected chi connectivity index (χ3v) is 6.05. The third-order valence-electron chi connectivity index (χ3n) is 6.05. The summed E-state index contributed by atoms with van der Waals surface area (Å²) in [4.78, 5) is 48.5. The Balaban J connectivity index is 2.74. The van der Waals surface area contributed by atoms with Crippen LogP contribution in [0.25, 0.3) is 0 Å². The summed E-state index contributed by atoms with van der Waals surface area (Å²) in [6, 6.07) is -0.150. The van der Waals surface area contributed by atoms with Crippen molar-refractivity contribution in [1.82, 2.24) is 10.6 Å². The van der Waals surface area contributed by atoms with E-state index in [4.69, 9.17) is 23.7 Å². The van der Waals surface area contributed by atoms with E-state index < -0.39 is 30.2 Å². The number of carbonyl (C=O) groups is 4. The van der Waals surface area contributed by atoms with E-state index in [0.29, 0.717) is 6.42 Å². The maximum atomic E-state index is 12.6. The van der Waals surface area contributed by atoms with E-state index in [1.807, 2.05) is 6.92 Å². The summed E-state index contributed by atoms with van der Waals surface area (Å²) in [5, 5.41) is 5.70. The van der Waals surface area contributed by atoms with E-state index in [0.717, 1.165) is 12.8 Å². The van der Waals surface area contributed by atoms with Gasteiger partial charge in [-0.05, 0) is 50.9 Å². The molecule has 216 valence electrons. The average Bonchev–Trinajstić information content (AvgIpc) is 2.80. The standard InChI is InChI=1S/C27H44N2O9/c1-17(2)22(30)35-13-21(14-36-23(31)18(3)4)38-24(32)28-16-27(8)11-20(10-26(6,7)15-27)29-25(33)37-12-19(5)34-9/h19-21H,1,3,10-16H2,2,4-9H3,(H,28,32)(H,29,33).